The van der Waals surface area contributed by atoms with Gasteiger partial charge in [0.25, 0.3) is 0 Å². The number of amides is 1. The van der Waals surface area contributed by atoms with Gasteiger partial charge in [-0.3, -0.25) is 4.79 Å². The van der Waals surface area contributed by atoms with Crippen LogP contribution in [0, 0.1) is 0 Å². The predicted octanol–water partition coefficient (Wildman–Crippen LogP) is 0.0852. The van der Waals surface area contributed by atoms with Crippen molar-refractivity contribution < 1.29 is 14.7 Å². The van der Waals surface area contributed by atoms with Crippen LogP contribution in [0.25, 0.3) is 0 Å². The highest BCUT2D eigenvalue weighted by Crippen LogP contribution is 1.97. The summed E-state index contributed by atoms with van der Waals surface area (Å²) < 4.78 is 0. The lowest BCUT2D eigenvalue weighted by atomic mass is 10.2. The molecule has 0 saturated carbocycles. The van der Waals surface area contributed by atoms with Crippen LogP contribution in [0.3, 0.4) is 0 Å². The maximum absolute atomic E-state index is 10.9. The Morgan fingerprint density at radius 1 is 1.47 bits per heavy atom. The lowest BCUT2D eigenvalue weighted by molar-refractivity contribution is -0.131. The normalized spacial score (nSPS) is 11.6. The van der Waals surface area contributed by atoms with Crippen molar-refractivity contribution in [3.63, 3.8) is 0 Å². The first-order valence-electron chi connectivity index (χ1n) is 4.75. The number of aliphatic carboxylic acids is 1. The molecule has 1 amide bonds. The molecule has 86 valence electrons. The number of hydrogen-bond donors (Lipinski definition) is 2. The summed E-state index contributed by atoms with van der Waals surface area (Å²) in [5.74, 6) is -0.950. The topological polar surface area (TPSA) is 69.6 Å². The molecule has 0 radical (unpaired) electrons. The van der Waals surface area contributed by atoms with Crippen molar-refractivity contribution in [2.75, 3.05) is 27.2 Å². The van der Waals surface area contributed by atoms with Crippen molar-refractivity contribution in [2.45, 2.75) is 13.3 Å². The third-order valence-corrected chi connectivity index (χ3v) is 1.89. The van der Waals surface area contributed by atoms with Crippen LogP contribution in [0.5, 0.6) is 0 Å². The number of hydrogen-bond acceptors (Lipinski definition) is 3. The number of carbonyl (C=O) groups is 2. The summed E-state index contributed by atoms with van der Waals surface area (Å²) in [6.07, 6.45) is 1.60. The van der Waals surface area contributed by atoms with Gasteiger partial charge in [0.1, 0.15) is 0 Å². The molecule has 0 aliphatic heterocycles. The van der Waals surface area contributed by atoms with Gasteiger partial charge in [0.05, 0.1) is 0 Å². The monoisotopic (exact) mass is 214 g/mol. The number of carboxylic acids is 1. The Kier molecular flexibility index (Phi) is 6.37. The molecule has 0 aliphatic rings. The maximum Gasteiger partial charge on any atom is 0.328 e. The number of likely N-dealkylation sites (N-methyl/N-ethyl adjacent to an activating group) is 1. The second-order valence-electron chi connectivity index (χ2n) is 3.49. The maximum atomic E-state index is 10.9. The van der Waals surface area contributed by atoms with E-state index >= 15 is 0 Å². The van der Waals surface area contributed by atoms with E-state index in [-0.39, 0.29) is 5.91 Å². The van der Waals surface area contributed by atoms with Crippen molar-refractivity contribution in [2.24, 2.45) is 0 Å². The van der Waals surface area contributed by atoms with E-state index < -0.39 is 5.97 Å². The summed E-state index contributed by atoms with van der Waals surface area (Å²) in [4.78, 5) is 23.2. The van der Waals surface area contributed by atoms with Gasteiger partial charge < -0.3 is 15.3 Å². The summed E-state index contributed by atoms with van der Waals surface area (Å²) in [6.45, 7) is 2.93. The van der Waals surface area contributed by atoms with Crippen LogP contribution >= 0.6 is 0 Å². The van der Waals surface area contributed by atoms with Crippen LogP contribution in [0.2, 0.25) is 0 Å². The minimum Gasteiger partial charge on any atom is -0.478 e. The second-order valence-corrected chi connectivity index (χ2v) is 3.49. The summed E-state index contributed by atoms with van der Waals surface area (Å²) in [6, 6.07) is 0. The van der Waals surface area contributed by atoms with Gasteiger partial charge in [-0.25, -0.2) is 4.79 Å². The van der Waals surface area contributed by atoms with E-state index in [1.54, 1.807) is 14.0 Å². The van der Waals surface area contributed by atoms with Crippen LogP contribution < -0.4 is 5.32 Å². The summed E-state index contributed by atoms with van der Waals surface area (Å²) in [5, 5.41) is 11.0. The Hall–Kier alpha value is -1.36. The minimum absolute atomic E-state index is 0.0123. The molecule has 0 bridgehead atoms. The zero-order valence-corrected chi connectivity index (χ0v) is 9.41. The van der Waals surface area contributed by atoms with Crippen LogP contribution in [0.15, 0.2) is 11.6 Å². The second kappa shape index (κ2) is 7.00. The van der Waals surface area contributed by atoms with Crippen molar-refractivity contribution in [1.82, 2.24) is 10.2 Å². The van der Waals surface area contributed by atoms with Gasteiger partial charge in [-0.05, 0) is 14.0 Å². The van der Waals surface area contributed by atoms with Gasteiger partial charge >= 0.3 is 5.97 Å². The quantitative estimate of drug-likeness (QED) is 0.615. The third kappa shape index (κ3) is 7.69. The fourth-order valence-corrected chi connectivity index (χ4v) is 1.18. The molecule has 5 nitrogen and oxygen atoms in total. The molecular weight excluding hydrogens is 196 g/mol. The Morgan fingerprint density at radius 2 is 2.07 bits per heavy atom. The highest BCUT2D eigenvalue weighted by molar-refractivity contribution is 5.80. The van der Waals surface area contributed by atoms with E-state index in [1.807, 2.05) is 11.9 Å². The highest BCUT2D eigenvalue weighted by atomic mass is 16.4. The van der Waals surface area contributed by atoms with Crippen LogP contribution in [-0.2, 0) is 9.59 Å². The van der Waals surface area contributed by atoms with Crippen molar-refractivity contribution >= 4 is 11.9 Å². The molecule has 0 aromatic rings. The van der Waals surface area contributed by atoms with Crippen LogP contribution in [0.1, 0.15) is 13.3 Å². The first-order chi connectivity index (χ1) is 6.95. The standard InChI is InChI=1S/C10H18N2O3/c1-8(6-10(14)15)7-12(3)5-4-9(13)11-2/h6H,4-5,7H2,1-3H3,(H,11,13)(H,14,15). The molecule has 5 heteroatoms. The molecule has 0 aliphatic carbocycles. The molecule has 0 saturated heterocycles. The number of carbonyl (C=O) groups excluding carboxylic acids is 1. The van der Waals surface area contributed by atoms with Crippen molar-refractivity contribution in [3.8, 4) is 0 Å². The summed E-state index contributed by atoms with van der Waals surface area (Å²) >= 11 is 0. The van der Waals surface area contributed by atoms with Gasteiger partial charge in [0.15, 0.2) is 0 Å². The Bertz CT molecular complexity index is 261. The molecule has 0 rings (SSSR count). The summed E-state index contributed by atoms with van der Waals surface area (Å²) in [7, 11) is 3.44. The van der Waals surface area contributed by atoms with Gasteiger partial charge in [-0.2, -0.15) is 0 Å². The van der Waals surface area contributed by atoms with Gasteiger partial charge in [-0.15, -0.1) is 0 Å². The highest BCUT2D eigenvalue weighted by Gasteiger charge is 2.03. The molecule has 0 atom stereocenters. The van der Waals surface area contributed by atoms with Gasteiger partial charge in [0.2, 0.25) is 5.91 Å². The van der Waals surface area contributed by atoms with E-state index in [2.05, 4.69) is 5.32 Å². The zero-order chi connectivity index (χ0) is 11.8. The molecule has 0 heterocycles. The molecular formula is C10H18N2O3. The van der Waals surface area contributed by atoms with Crippen LogP contribution in [0.4, 0.5) is 0 Å². The fraction of sp³-hybridized carbons (Fsp3) is 0.600. The average Bonchev–Trinajstić information content (AvgIpc) is 2.12. The molecule has 0 unspecified atom stereocenters. The van der Waals surface area contributed by atoms with Crippen molar-refractivity contribution in [3.05, 3.63) is 11.6 Å². The largest absolute Gasteiger partial charge is 0.478 e. The first-order valence-corrected chi connectivity index (χ1v) is 4.75. The number of nitrogens with zero attached hydrogens (tertiary/aromatic N) is 1. The first kappa shape index (κ1) is 13.6. The van der Waals surface area contributed by atoms with E-state index in [1.165, 1.54) is 6.08 Å². The zero-order valence-electron chi connectivity index (χ0n) is 9.41. The van der Waals surface area contributed by atoms with Gasteiger partial charge in [0, 0.05) is 32.6 Å². The predicted molar refractivity (Wildman–Crippen MR) is 57.6 cm³/mol. The van der Waals surface area contributed by atoms with E-state index in [4.69, 9.17) is 5.11 Å². The number of rotatable bonds is 6. The average molecular weight is 214 g/mol. The minimum atomic E-state index is -0.938. The third-order valence-electron chi connectivity index (χ3n) is 1.89. The molecule has 0 aromatic carbocycles. The number of nitrogens with one attached hydrogen (secondary N) is 1. The van der Waals surface area contributed by atoms with Crippen molar-refractivity contribution in [1.29, 1.82) is 0 Å². The Labute approximate surface area is 89.8 Å². The molecule has 2 N–H and O–H groups in total. The molecule has 0 fully saturated rings. The summed E-state index contributed by atoms with van der Waals surface area (Å²) in [5.41, 5.74) is 0.766. The SMILES string of the molecule is CNC(=O)CCN(C)CC(C)=CC(=O)O. The Balaban J connectivity index is 3.88. The fourth-order valence-electron chi connectivity index (χ4n) is 1.18. The van der Waals surface area contributed by atoms with Crippen LogP contribution in [-0.4, -0.2) is 49.1 Å². The van der Waals surface area contributed by atoms with Gasteiger partial charge in [-0.1, -0.05) is 5.57 Å². The Morgan fingerprint density at radius 3 is 2.53 bits per heavy atom. The number of carboxylic acid groups (broad SMARTS) is 1. The smallest absolute Gasteiger partial charge is 0.328 e. The molecule has 0 aromatic heterocycles. The van der Waals surface area contributed by atoms with E-state index in [0.29, 0.717) is 19.5 Å². The lowest BCUT2D eigenvalue weighted by Gasteiger charge is -2.15. The molecule has 15 heavy (non-hydrogen) atoms. The van der Waals surface area contributed by atoms with E-state index in [0.717, 1.165) is 5.57 Å². The van der Waals surface area contributed by atoms with E-state index in [9.17, 15) is 9.59 Å². The lowest BCUT2D eigenvalue weighted by Crippen LogP contribution is -2.27. The molecule has 0 spiro atoms.